The third-order valence-corrected chi connectivity index (χ3v) is 3.87. The van der Waals surface area contributed by atoms with Crippen molar-refractivity contribution in [3.63, 3.8) is 0 Å². The SMILES string of the molecule is Cc1cc(C)c(-c2nn(C)c(C(C)(F)F)c2Cl)[n+]([O-])c1C. The zero-order valence-corrected chi connectivity index (χ0v) is 13.2. The minimum atomic E-state index is -3.14. The van der Waals surface area contributed by atoms with Gasteiger partial charge >= 0.3 is 0 Å². The molecule has 2 aromatic rings. The first kappa shape index (κ1) is 15.7. The molecule has 0 aliphatic heterocycles. The maximum atomic E-state index is 13.6. The van der Waals surface area contributed by atoms with Gasteiger partial charge in [-0.25, -0.2) is 0 Å². The van der Waals surface area contributed by atoms with Gasteiger partial charge in [-0.15, -0.1) is 0 Å². The molecule has 4 nitrogen and oxygen atoms in total. The maximum Gasteiger partial charge on any atom is 0.288 e. The van der Waals surface area contributed by atoms with E-state index in [4.69, 9.17) is 11.6 Å². The maximum absolute atomic E-state index is 13.6. The summed E-state index contributed by atoms with van der Waals surface area (Å²) in [4.78, 5) is 0. The van der Waals surface area contributed by atoms with E-state index in [1.165, 1.54) is 7.05 Å². The molecule has 2 heterocycles. The smallest absolute Gasteiger partial charge is 0.288 e. The van der Waals surface area contributed by atoms with Crippen molar-refractivity contribution in [2.45, 2.75) is 33.6 Å². The van der Waals surface area contributed by atoms with Crippen LogP contribution in [0.3, 0.4) is 0 Å². The average Bonchev–Trinajstić information content (AvgIpc) is 2.61. The molecule has 0 saturated carbocycles. The van der Waals surface area contributed by atoms with E-state index in [0.29, 0.717) is 16.0 Å². The molecule has 0 aliphatic carbocycles. The Kier molecular flexibility index (Phi) is 3.70. The molecule has 0 amide bonds. The largest absolute Gasteiger partial charge is 0.618 e. The Morgan fingerprint density at radius 1 is 1.29 bits per heavy atom. The van der Waals surface area contributed by atoms with Crippen molar-refractivity contribution >= 4 is 11.6 Å². The molecule has 0 unspecified atom stereocenters. The average molecular weight is 316 g/mol. The van der Waals surface area contributed by atoms with Crippen LogP contribution in [0.4, 0.5) is 8.78 Å². The van der Waals surface area contributed by atoms with E-state index in [1.807, 2.05) is 13.0 Å². The van der Waals surface area contributed by atoms with E-state index in [2.05, 4.69) is 5.10 Å². The van der Waals surface area contributed by atoms with Gasteiger partial charge in [0, 0.05) is 32.0 Å². The Hall–Kier alpha value is -1.69. The van der Waals surface area contributed by atoms with Crippen molar-refractivity contribution in [3.8, 4) is 11.4 Å². The van der Waals surface area contributed by atoms with Gasteiger partial charge in [0.05, 0.1) is 0 Å². The standard InChI is InChI=1S/C14H16ClF2N3O/c1-7-6-8(2)12(20(21)9(7)3)11-10(15)13(14(4,16)17)19(5)18-11/h6H,1-5H3. The second-order valence-corrected chi connectivity index (χ2v) is 5.64. The first-order valence-corrected chi connectivity index (χ1v) is 6.75. The molecule has 7 heteroatoms. The monoisotopic (exact) mass is 315 g/mol. The first-order chi connectivity index (χ1) is 9.55. The number of halogens is 3. The summed E-state index contributed by atoms with van der Waals surface area (Å²) in [5.74, 6) is -3.14. The molecule has 0 fully saturated rings. The zero-order valence-electron chi connectivity index (χ0n) is 12.5. The van der Waals surface area contributed by atoms with Gasteiger partial charge in [-0.3, -0.25) is 4.68 Å². The second-order valence-electron chi connectivity index (χ2n) is 5.26. The zero-order chi connectivity index (χ0) is 16.1. The van der Waals surface area contributed by atoms with Crippen LogP contribution in [-0.2, 0) is 13.0 Å². The van der Waals surface area contributed by atoms with Crippen molar-refractivity contribution in [1.82, 2.24) is 9.78 Å². The predicted octanol–water partition coefficient (Wildman–Crippen LogP) is 3.41. The lowest BCUT2D eigenvalue weighted by Gasteiger charge is -2.11. The van der Waals surface area contributed by atoms with Gasteiger partial charge in [0.15, 0.2) is 11.4 Å². The minimum Gasteiger partial charge on any atom is -0.618 e. The van der Waals surface area contributed by atoms with Crippen LogP contribution in [0.2, 0.25) is 5.02 Å². The van der Waals surface area contributed by atoms with Crippen molar-refractivity contribution in [3.05, 3.63) is 38.8 Å². The van der Waals surface area contributed by atoms with Crippen LogP contribution in [0, 0.1) is 26.0 Å². The minimum absolute atomic E-state index is 0.0753. The van der Waals surface area contributed by atoms with Crippen molar-refractivity contribution < 1.29 is 13.5 Å². The lowest BCUT2D eigenvalue weighted by atomic mass is 10.1. The van der Waals surface area contributed by atoms with Gasteiger partial charge in [0.2, 0.25) is 5.69 Å². The van der Waals surface area contributed by atoms with Crippen LogP contribution in [-0.4, -0.2) is 9.78 Å². The second kappa shape index (κ2) is 4.94. The molecule has 0 aromatic carbocycles. The molecule has 0 aliphatic rings. The summed E-state index contributed by atoms with van der Waals surface area (Å²) in [6.45, 7) is 5.95. The normalized spacial score (nSPS) is 12.0. The van der Waals surface area contributed by atoms with Crippen molar-refractivity contribution in [2.24, 2.45) is 7.05 Å². The lowest BCUT2D eigenvalue weighted by molar-refractivity contribution is -0.601. The highest BCUT2D eigenvalue weighted by Gasteiger charge is 2.36. The number of rotatable bonds is 2. The number of hydrogen-bond donors (Lipinski definition) is 0. The molecule has 2 rings (SSSR count). The fraction of sp³-hybridized carbons (Fsp3) is 0.429. The van der Waals surface area contributed by atoms with E-state index in [9.17, 15) is 14.0 Å². The van der Waals surface area contributed by atoms with E-state index in [0.717, 1.165) is 17.2 Å². The first-order valence-electron chi connectivity index (χ1n) is 6.37. The summed E-state index contributed by atoms with van der Waals surface area (Å²) in [6, 6.07) is 1.81. The van der Waals surface area contributed by atoms with Crippen LogP contribution in [0.15, 0.2) is 6.07 Å². The Morgan fingerprint density at radius 2 is 1.86 bits per heavy atom. The number of alkyl halides is 2. The van der Waals surface area contributed by atoms with Crippen molar-refractivity contribution in [2.75, 3.05) is 0 Å². The third kappa shape index (κ3) is 2.48. The molecule has 0 spiro atoms. The number of aryl methyl sites for hydroxylation is 3. The van der Waals surface area contributed by atoms with Crippen LogP contribution >= 0.6 is 11.6 Å². The van der Waals surface area contributed by atoms with Crippen molar-refractivity contribution in [1.29, 1.82) is 0 Å². The fourth-order valence-electron chi connectivity index (χ4n) is 2.39. The van der Waals surface area contributed by atoms with E-state index >= 15 is 0 Å². The highest BCUT2D eigenvalue weighted by molar-refractivity contribution is 6.33. The summed E-state index contributed by atoms with van der Waals surface area (Å²) >= 11 is 6.07. The van der Waals surface area contributed by atoms with E-state index < -0.39 is 11.6 Å². The van der Waals surface area contributed by atoms with Gasteiger partial charge in [-0.2, -0.15) is 18.6 Å². The molecular formula is C14H16ClF2N3O. The number of nitrogens with zero attached hydrogens (tertiary/aromatic N) is 3. The van der Waals surface area contributed by atoms with Crippen LogP contribution < -0.4 is 4.73 Å². The number of aromatic nitrogens is 3. The number of pyridine rings is 1. The Labute approximate surface area is 126 Å². The predicted molar refractivity (Wildman–Crippen MR) is 76.4 cm³/mol. The van der Waals surface area contributed by atoms with Gasteiger partial charge in [0.25, 0.3) is 5.92 Å². The van der Waals surface area contributed by atoms with Gasteiger partial charge in [-0.1, -0.05) is 11.6 Å². The quantitative estimate of drug-likeness (QED) is 0.629. The lowest BCUT2D eigenvalue weighted by Crippen LogP contribution is -2.35. The van der Waals surface area contributed by atoms with Gasteiger partial charge in [0.1, 0.15) is 10.7 Å². The van der Waals surface area contributed by atoms with Gasteiger partial charge < -0.3 is 5.21 Å². The van der Waals surface area contributed by atoms with Gasteiger partial charge in [-0.05, 0) is 19.9 Å². The fourth-order valence-corrected chi connectivity index (χ4v) is 2.81. The molecule has 0 saturated heterocycles. The molecule has 0 bridgehead atoms. The third-order valence-electron chi connectivity index (χ3n) is 3.51. The summed E-state index contributed by atoms with van der Waals surface area (Å²) < 4.78 is 29.0. The molecule has 0 atom stereocenters. The summed E-state index contributed by atoms with van der Waals surface area (Å²) in [5.41, 5.74) is 1.82. The topological polar surface area (TPSA) is 44.8 Å². The van der Waals surface area contributed by atoms with Crippen LogP contribution in [0.1, 0.15) is 29.4 Å². The highest BCUT2D eigenvalue weighted by Crippen LogP contribution is 2.38. The molecule has 2 aromatic heterocycles. The Balaban J connectivity index is 2.79. The van der Waals surface area contributed by atoms with Crippen LogP contribution in [0.25, 0.3) is 11.4 Å². The van der Waals surface area contributed by atoms with E-state index in [-0.39, 0.29) is 16.4 Å². The number of hydrogen-bond acceptors (Lipinski definition) is 2. The summed E-state index contributed by atoms with van der Waals surface area (Å²) in [5, 5.41) is 16.2. The molecule has 0 N–H and O–H groups in total. The molecular weight excluding hydrogens is 300 g/mol. The summed E-state index contributed by atoms with van der Waals surface area (Å²) in [6.07, 6.45) is 0. The van der Waals surface area contributed by atoms with E-state index in [1.54, 1.807) is 13.8 Å². The molecule has 21 heavy (non-hydrogen) atoms. The summed E-state index contributed by atoms with van der Waals surface area (Å²) in [7, 11) is 1.38. The highest BCUT2D eigenvalue weighted by atomic mass is 35.5. The Morgan fingerprint density at radius 3 is 2.33 bits per heavy atom. The van der Waals surface area contributed by atoms with Crippen LogP contribution in [0.5, 0.6) is 0 Å². The molecule has 114 valence electrons. The Bertz CT molecular complexity index is 720. The molecule has 0 radical (unpaired) electrons.